The Bertz CT molecular complexity index is 579. The van der Waals surface area contributed by atoms with E-state index in [1.807, 2.05) is 12.5 Å². The Hall–Kier alpha value is -1.36. The minimum atomic E-state index is 0.168. The predicted octanol–water partition coefficient (Wildman–Crippen LogP) is 2.18. The molecule has 1 aromatic rings. The third-order valence-electron chi connectivity index (χ3n) is 6.13. The van der Waals surface area contributed by atoms with Crippen LogP contribution in [0.4, 0.5) is 0 Å². The van der Waals surface area contributed by atoms with Crippen LogP contribution >= 0.6 is 0 Å². The number of hydrogen-bond acceptors (Lipinski definition) is 3. The first kappa shape index (κ1) is 15.2. The quantitative estimate of drug-likeness (QED) is 0.855. The maximum Gasteiger partial charge on any atom is 0.223 e. The molecule has 1 aliphatic carbocycles. The fraction of sp³-hybridized carbons (Fsp3) is 0.778. The summed E-state index contributed by atoms with van der Waals surface area (Å²) in [4.78, 5) is 21.5. The van der Waals surface area contributed by atoms with Crippen molar-refractivity contribution in [2.24, 2.45) is 13.0 Å². The highest BCUT2D eigenvalue weighted by molar-refractivity contribution is 5.79. The molecule has 1 aromatic heterocycles. The molecule has 0 N–H and O–H groups in total. The summed E-state index contributed by atoms with van der Waals surface area (Å²) in [6.45, 7) is 4.24. The van der Waals surface area contributed by atoms with Gasteiger partial charge in [-0.1, -0.05) is 0 Å². The van der Waals surface area contributed by atoms with Crippen molar-refractivity contribution < 1.29 is 4.79 Å². The molecule has 0 unspecified atom stereocenters. The average Bonchev–Trinajstić information content (AvgIpc) is 3.24. The van der Waals surface area contributed by atoms with E-state index in [0.717, 1.165) is 51.4 Å². The molecule has 1 saturated carbocycles. The first-order valence-electron chi connectivity index (χ1n) is 9.14. The van der Waals surface area contributed by atoms with Crippen molar-refractivity contribution in [1.29, 1.82) is 0 Å². The Kier molecular flexibility index (Phi) is 3.92. The predicted molar refractivity (Wildman–Crippen MR) is 88.7 cm³/mol. The van der Waals surface area contributed by atoms with Gasteiger partial charge in [-0.15, -0.1) is 0 Å². The van der Waals surface area contributed by atoms with Crippen LogP contribution in [-0.4, -0.2) is 50.4 Å². The molecule has 23 heavy (non-hydrogen) atoms. The van der Waals surface area contributed by atoms with Gasteiger partial charge in [0.1, 0.15) is 0 Å². The molecule has 1 spiro atoms. The highest BCUT2D eigenvalue weighted by atomic mass is 16.2. The van der Waals surface area contributed by atoms with E-state index in [1.165, 1.54) is 31.4 Å². The van der Waals surface area contributed by atoms with Crippen molar-refractivity contribution in [2.45, 2.75) is 57.0 Å². The number of carbonyl (C=O) groups excluding carboxylic acids is 1. The molecule has 126 valence electrons. The third-order valence-corrected chi connectivity index (χ3v) is 6.13. The summed E-state index contributed by atoms with van der Waals surface area (Å²) in [5, 5.41) is 0. The number of hydrogen-bond donors (Lipinski definition) is 0. The van der Waals surface area contributed by atoms with Gasteiger partial charge in [0.15, 0.2) is 0 Å². The van der Waals surface area contributed by atoms with E-state index in [-0.39, 0.29) is 5.54 Å². The van der Waals surface area contributed by atoms with Gasteiger partial charge in [0, 0.05) is 44.8 Å². The summed E-state index contributed by atoms with van der Waals surface area (Å²) in [5.74, 6) is 1.21. The van der Waals surface area contributed by atoms with Crippen LogP contribution in [0.2, 0.25) is 0 Å². The Morgan fingerprint density at radius 2 is 2.13 bits per heavy atom. The Morgan fingerprint density at radius 1 is 1.26 bits per heavy atom. The Balaban J connectivity index is 1.43. The van der Waals surface area contributed by atoms with E-state index in [4.69, 9.17) is 0 Å². The SMILES string of the molecule is Cn1cncc1CN1CCC[C@]2(CCC(=O)N2CC2CC2)CC1. The van der Waals surface area contributed by atoms with E-state index < -0.39 is 0 Å². The fourth-order valence-corrected chi connectivity index (χ4v) is 4.41. The summed E-state index contributed by atoms with van der Waals surface area (Å²) < 4.78 is 2.11. The highest BCUT2D eigenvalue weighted by Gasteiger charge is 2.47. The van der Waals surface area contributed by atoms with Crippen molar-refractivity contribution in [3.8, 4) is 0 Å². The van der Waals surface area contributed by atoms with E-state index in [0.29, 0.717) is 5.91 Å². The molecule has 2 saturated heterocycles. The van der Waals surface area contributed by atoms with Gasteiger partial charge in [0.05, 0.1) is 12.0 Å². The molecule has 2 aliphatic heterocycles. The van der Waals surface area contributed by atoms with E-state index in [2.05, 4.69) is 26.4 Å². The summed E-state index contributed by atoms with van der Waals surface area (Å²) >= 11 is 0. The zero-order chi connectivity index (χ0) is 15.9. The monoisotopic (exact) mass is 316 g/mol. The normalized spacial score (nSPS) is 29.4. The molecule has 4 rings (SSSR count). The van der Waals surface area contributed by atoms with Crippen molar-refractivity contribution in [2.75, 3.05) is 19.6 Å². The van der Waals surface area contributed by atoms with Crippen molar-refractivity contribution in [3.05, 3.63) is 18.2 Å². The molecule has 5 heteroatoms. The number of imidazole rings is 1. The molecule has 5 nitrogen and oxygen atoms in total. The van der Waals surface area contributed by atoms with E-state index in [9.17, 15) is 4.79 Å². The van der Waals surface area contributed by atoms with Gasteiger partial charge in [-0.05, 0) is 51.0 Å². The number of likely N-dealkylation sites (tertiary alicyclic amines) is 2. The third kappa shape index (κ3) is 3.03. The van der Waals surface area contributed by atoms with Gasteiger partial charge in [0.25, 0.3) is 0 Å². The molecule has 0 radical (unpaired) electrons. The molecule has 1 atom stereocenters. The summed E-state index contributed by atoms with van der Waals surface area (Å²) in [6.07, 6.45) is 11.9. The highest BCUT2D eigenvalue weighted by Crippen LogP contribution is 2.42. The smallest absolute Gasteiger partial charge is 0.223 e. The van der Waals surface area contributed by atoms with Gasteiger partial charge in [-0.2, -0.15) is 0 Å². The Morgan fingerprint density at radius 3 is 2.87 bits per heavy atom. The first-order chi connectivity index (χ1) is 11.2. The Labute approximate surface area is 138 Å². The number of amides is 1. The summed E-state index contributed by atoms with van der Waals surface area (Å²) in [6, 6.07) is 0. The largest absolute Gasteiger partial charge is 0.337 e. The molecule has 3 heterocycles. The number of aryl methyl sites for hydroxylation is 1. The minimum Gasteiger partial charge on any atom is -0.337 e. The lowest BCUT2D eigenvalue weighted by Crippen LogP contribution is -2.47. The summed E-state index contributed by atoms with van der Waals surface area (Å²) in [7, 11) is 2.06. The standard InChI is InChI=1S/C18H28N4O/c1-20-14-19-11-16(20)13-21-9-2-6-18(8-10-21)7-5-17(23)22(18)12-15-3-4-15/h11,14-15H,2-10,12-13H2,1H3/t18-/m0/s1. The van der Waals surface area contributed by atoms with Crippen LogP contribution in [0.1, 0.15) is 50.6 Å². The molecule has 0 bridgehead atoms. The molecular formula is C18H28N4O. The number of carbonyl (C=O) groups is 1. The van der Waals surface area contributed by atoms with Crippen LogP contribution in [0.3, 0.4) is 0 Å². The van der Waals surface area contributed by atoms with Gasteiger partial charge < -0.3 is 9.47 Å². The van der Waals surface area contributed by atoms with Gasteiger partial charge >= 0.3 is 0 Å². The zero-order valence-electron chi connectivity index (χ0n) is 14.2. The summed E-state index contributed by atoms with van der Waals surface area (Å²) in [5.41, 5.74) is 1.44. The second kappa shape index (κ2) is 5.93. The van der Waals surface area contributed by atoms with E-state index in [1.54, 1.807) is 0 Å². The molecule has 1 amide bonds. The maximum atomic E-state index is 12.4. The lowest BCUT2D eigenvalue weighted by atomic mass is 9.87. The van der Waals surface area contributed by atoms with Crippen molar-refractivity contribution >= 4 is 5.91 Å². The topological polar surface area (TPSA) is 41.4 Å². The van der Waals surface area contributed by atoms with Crippen LogP contribution in [0, 0.1) is 5.92 Å². The van der Waals surface area contributed by atoms with Crippen LogP contribution in [0.15, 0.2) is 12.5 Å². The van der Waals surface area contributed by atoms with Gasteiger partial charge in [-0.3, -0.25) is 9.69 Å². The van der Waals surface area contributed by atoms with Crippen molar-refractivity contribution in [3.63, 3.8) is 0 Å². The van der Waals surface area contributed by atoms with Crippen LogP contribution in [-0.2, 0) is 18.4 Å². The van der Waals surface area contributed by atoms with Crippen LogP contribution in [0.25, 0.3) is 0 Å². The molecule has 0 aromatic carbocycles. The lowest BCUT2D eigenvalue weighted by Gasteiger charge is -2.38. The first-order valence-corrected chi connectivity index (χ1v) is 9.14. The lowest BCUT2D eigenvalue weighted by molar-refractivity contribution is -0.131. The van der Waals surface area contributed by atoms with Crippen LogP contribution < -0.4 is 0 Å². The van der Waals surface area contributed by atoms with Gasteiger partial charge in [0.2, 0.25) is 5.91 Å². The zero-order valence-corrected chi connectivity index (χ0v) is 14.2. The number of nitrogens with zero attached hydrogens (tertiary/aromatic N) is 4. The average molecular weight is 316 g/mol. The van der Waals surface area contributed by atoms with Gasteiger partial charge in [-0.25, -0.2) is 4.98 Å². The second-order valence-electron chi connectivity index (χ2n) is 7.80. The van der Waals surface area contributed by atoms with E-state index >= 15 is 0 Å². The van der Waals surface area contributed by atoms with Crippen molar-refractivity contribution in [1.82, 2.24) is 19.4 Å². The van der Waals surface area contributed by atoms with Crippen LogP contribution in [0.5, 0.6) is 0 Å². The maximum absolute atomic E-state index is 12.4. The number of rotatable bonds is 4. The number of aromatic nitrogens is 2. The molecule has 3 aliphatic rings. The second-order valence-corrected chi connectivity index (χ2v) is 7.80. The fourth-order valence-electron chi connectivity index (χ4n) is 4.41. The molecular weight excluding hydrogens is 288 g/mol. The minimum absolute atomic E-state index is 0.168. The molecule has 3 fully saturated rings.